The van der Waals surface area contributed by atoms with E-state index >= 15 is 0 Å². The fraction of sp³-hybridized carbons (Fsp3) is 0.600. The van der Waals surface area contributed by atoms with Crippen LogP contribution in [0.1, 0.15) is 27.2 Å². The molecule has 0 saturated carbocycles. The lowest BCUT2D eigenvalue weighted by molar-refractivity contribution is -0.0954. The second kappa shape index (κ2) is 5.39. The van der Waals surface area contributed by atoms with E-state index in [0.717, 1.165) is 5.37 Å². The molecule has 0 heterocycles. The van der Waals surface area contributed by atoms with Gasteiger partial charge in [0.1, 0.15) is 0 Å². The van der Waals surface area contributed by atoms with Gasteiger partial charge in [0.05, 0.1) is 0 Å². The van der Waals surface area contributed by atoms with E-state index < -0.39 is 17.7 Å². The van der Waals surface area contributed by atoms with E-state index in [1.54, 1.807) is 6.92 Å². The van der Waals surface area contributed by atoms with Crippen LogP contribution in [0.4, 0.5) is 13.2 Å². The summed E-state index contributed by atoms with van der Waals surface area (Å²) in [6.07, 6.45) is -4.49. The summed E-state index contributed by atoms with van der Waals surface area (Å²) < 4.78 is 37.6. The maximum Gasteiger partial charge on any atom is 0.412 e. The second-order valence-corrected chi connectivity index (χ2v) is 3.89. The Labute approximate surface area is 92.9 Å². The summed E-state index contributed by atoms with van der Waals surface area (Å²) in [4.78, 5) is 0. The van der Waals surface area contributed by atoms with Gasteiger partial charge in [-0.15, -0.1) is 0 Å². The van der Waals surface area contributed by atoms with E-state index in [4.69, 9.17) is 5.41 Å². The normalized spacial score (nSPS) is 13.2. The quantitative estimate of drug-likeness (QED) is 0.447. The Morgan fingerprint density at radius 2 is 1.87 bits per heavy atom. The molecule has 5 heteroatoms. The zero-order valence-electron chi connectivity index (χ0n) is 8.90. The zero-order valence-corrected chi connectivity index (χ0v) is 9.72. The molecule has 0 aliphatic carbocycles. The van der Waals surface area contributed by atoms with E-state index in [9.17, 15) is 13.2 Å². The predicted molar refractivity (Wildman–Crippen MR) is 59.6 cm³/mol. The molecule has 0 amide bonds. The first-order chi connectivity index (χ1) is 6.70. The molecule has 15 heavy (non-hydrogen) atoms. The monoisotopic (exact) mass is 237 g/mol. The highest BCUT2D eigenvalue weighted by atomic mass is 32.1. The third kappa shape index (κ3) is 4.55. The molecule has 0 fully saturated rings. The number of nitrogens with one attached hydrogen (secondary N) is 1. The van der Waals surface area contributed by atoms with Gasteiger partial charge in [-0.2, -0.15) is 13.2 Å². The number of halogens is 3. The molecule has 1 N–H and O–H groups in total. The standard InChI is InChI=1S/C10H14F3NS/c1-6(2)8(10(11,12)13)4-7(3)9(14)5-15/h5,7,14H,4H2,1-3H3. The van der Waals surface area contributed by atoms with Gasteiger partial charge in [0.2, 0.25) is 0 Å². The Balaban J connectivity index is 4.82. The van der Waals surface area contributed by atoms with E-state index in [0.29, 0.717) is 0 Å². The number of hydrogen-bond donors (Lipinski definition) is 1. The molecule has 1 unspecified atom stereocenters. The molecule has 0 aromatic carbocycles. The molecular formula is C10H14F3NS. The summed E-state index contributed by atoms with van der Waals surface area (Å²) in [6, 6.07) is 0. The van der Waals surface area contributed by atoms with Gasteiger partial charge < -0.3 is 5.41 Å². The molecule has 1 nitrogen and oxygen atoms in total. The summed E-state index contributed by atoms with van der Waals surface area (Å²) in [7, 11) is 0. The molecular weight excluding hydrogens is 223 g/mol. The minimum Gasteiger partial charge on any atom is -0.304 e. The smallest absolute Gasteiger partial charge is 0.304 e. The van der Waals surface area contributed by atoms with Crippen molar-refractivity contribution in [3.63, 3.8) is 0 Å². The van der Waals surface area contributed by atoms with E-state index in [1.165, 1.54) is 13.8 Å². The van der Waals surface area contributed by atoms with Crippen molar-refractivity contribution in [1.29, 1.82) is 5.41 Å². The van der Waals surface area contributed by atoms with E-state index in [2.05, 4.69) is 12.2 Å². The van der Waals surface area contributed by atoms with Crippen LogP contribution in [0.15, 0.2) is 11.1 Å². The third-order valence-corrected chi connectivity index (χ3v) is 2.37. The first-order valence-electron chi connectivity index (χ1n) is 4.47. The van der Waals surface area contributed by atoms with Crippen molar-refractivity contribution in [1.82, 2.24) is 0 Å². The van der Waals surface area contributed by atoms with Crippen molar-refractivity contribution in [2.75, 3.05) is 0 Å². The van der Waals surface area contributed by atoms with Gasteiger partial charge >= 0.3 is 6.18 Å². The van der Waals surface area contributed by atoms with Gasteiger partial charge in [-0.3, -0.25) is 0 Å². The van der Waals surface area contributed by atoms with Crippen molar-refractivity contribution in [2.45, 2.75) is 33.4 Å². The Morgan fingerprint density at radius 3 is 2.13 bits per heavy atom. The zero-order chi connectivity index (χ0) is 12.2. The van der Waals surface area contributed by atoms with Crippen LogP contribution < -0.4 is 0 Å². The van der Waals surface area contributed by atoms with Crippen LogP contribution in [-0.2, 0) is 0 Å². The highest BCUT2D eigenvalue weighted by Gasteiger charge is 2.35. The lowest BCUT2D eigenvalue weighted by atomic mass is 9.94. The molecule has 0 aromatic heterocycles. The first-order valence-corrected chi connectivity index (χ1v) is 4.94. The largest absolute Gasteiger partial charge is 0.412 e. The molecule has 0 spiro atoms. The van der Waals surface area contributed by atoms with Gasteiger partial charge in [-0.25, -0.2) is 0 Å². The highest BCUT2D eigenvalue weighted by Crippen LogP contribution is 2.33. The molecule has 0 radical (unpaired) electrons. The van der Waals surface area contributed by atoms with Crippen molar-refractivity contribution < 1.29 is 13.2 Å². The Hall–Kier alpha value is -0.710. The highest BCUT2D eigenvalue weighted by molar-refractivity contribution is 7.80. The fourth-order valence-corrected chi connectivity index (χ4v) is 1.37. The van der Waals surface area contributed by atoms with Crippen LogP contribution in [0, 0.1) is 11.3 Å². The second-order valence-electron chi connectivity index (χ2n) is 3.65. The number of thiocarbonyl (C=S) groups is 1. The summed E-state index contributed by atoms with van der Waals surface area (Å²) in [5.74, 6) is -0.492. The van der Waals surface area contributed by atoms with Crippen LogP contribution in [-0.4, -0.2) is 17.3 Å². The van der Waals surface area contributed by atoms with Crippen LogP contribution >= 0.6 is 12.2 Å². The Bertz CT molecular complexity index is 288. The van der Waals surface area contributed by atoms with Crippen LogP contribution in [0.2, 0.25) is 0 Å². The van der Waals surface area contributed by atoms with Crippen molar-refractivity contribution in [3.05, 3.63) is 11.1 Å². The molecule has 0 bridgehead atoms. The summed E-state index contributed by atoms with van der Waals surface area (Å²) in [5, 5.41) is 8.45. The Morgan fingerprint density at radius 1 is 1.40 bits per heavy atom. The molecule has 0 aliphatic heterocycles. The van der Waals surface area contributed by atoms with Crippen LogP contribution in [0.3, 0.4) is 0 Å². The van der Waals surface area contributed by atoms with E-state index in [-0.39, 0.29) is 17.7 Å². The molecule has 0 saturated heterocycles. The maximum absolute atomic E-state index is 12.5. The van der Waals surface area contributed by atoms with Gasteiger partial charge in [-0.05, 0) is 20.3 Å². The predicted octanol–water partition coefficient (Wildman–Crippen LogP) is 3.93. The van der Waals surface area contributed by atoms with Crippen LogP contribution in [0.5, 0.6) is 0 Å². The SMILES string of the molecule is CC(C)=C(CC(C)C(=N)C=S)C(F)(F)F. The van der Waals surface area contributed by atoms with Gasteiger partial charge in [0.15, 0.2) is 0 Å². The lowest BCUT2D eigenvalue weighted by Gasteiger charge is -2.17. The number of alkyl halides is 3. The lowest BCUT2D eigenvalue weighted by Crippen LogP contribution is -2.19. The minimum absolute atomic E-state index is 0.0630. The summed E-state index contributed by atoms with van der Waals surface area (Å²) in [6.45, 7) is 4.42. The molecule has 0 aromatic rings. The summed E-state index contributed by atoms with van der Waals surface area (Å²) >= 11 is 4.52. The minimum atomic E-state index is -4.31. The fourth-order valence-electron chi connectivity index (χ4n) is 1.14. The van der Waals surface area contributed by atoms with E-state index in [1.807, 2.05) is 0 Å². The molecule has 0 rings (SSSR count). The van der Waals surface area contributed by atoms with Crippen LogP contribution in [0.25, 0.3) is 0 Å². The molecule has 1 atom stereocenters. The van der Waals surface area contributed by atoms with Crippen molar-refractivity contribution in [3.8, 4) is 0 Å². The maximum atomic E-state index is 12.5. The van der Waals surface area contributed by atoms with Gasteiger partial charge in [-0.1, -0.05) is 24.7 Å². The number of hydrogen-bond acceptors (Lipinski definition) is 2. The topological polar surface area (TPSA) is 23.9 Å². The molecule has 86 valence electrons. The van der Waals surface area contributed by atoms with Gasteiger partial charge in [0.25, 0.3) is 0 Å². The number of rotatable bonds is 4. The molecule has 0 aliphatic rings. The first kappa shape index (κ1) is 14.3. The average Bonchev–Trinajstić information content (AvgIpc) is 2.09. The average molecular weight is 237 g/mol. The van der Waals surface area contributed by atoms with Crippen molar-refractivity contribution in [2.24, 2.45) is 5.92 Å². The van der Waals surface area contributed by atoms with Crippen molar-refractivity contribution >= 4 is 23.3 Å². The summed E-state index contributed by atoms with van der Waals surface area (Å²) in [5.41, 5.74) is -0.254. The van der Waals surface area contributed by atoms with Gasteiger partial charge in [0, 0.05) is 22.6 Å². The third-order valence-electron chi connectivity index (χ3n) is 2.11. The Kier molecular flexibility index (Phi) is 5.14. The number of allylic oxidation sites excluding steroid dienone is 2.